The molecule has 0 aromatic heterocycles. The second-order valence-electron chi connectivity index (χ2n) is 6.84. The zero-order valence-electron chi connectivity index (χ0n) is 13.5. The molecule has 1 aromatic carbocycles. The van der Waals surface area contributed by atoms with Crippen LogP contribution in [0.2, 0.25) is 5.02 Å². The molecule has 4 rings (SSSR count). The van der Waals surface area contributed by atoms with Gasteiger partial charge in [0.25, 0.3) is 0 Å². The first-order valence-corrected chi connectivity index (χ1v) is 9.33. The summed E-state index contributed by atoms with van der Waals surface area (Å²) in [4.78, 5) is 38.7. The van der Waals surface area contributed by atoms with E-state index in [2.05, 4.69) is 21.2 Å². The van der Waals surface area contributed by atoms with Crippen LogP contribution in [-0.4, -0.2) is 29.2 Å². The van der Waals surface area contributed by atoms with Crippen molar-refractivity contribution in [3.63, 3.8) is 0 Å². The highest BCUT2D eigenvalue weighted by atomic mass is 79.9. The third-order valence-electron chi connectivity index (χ3n) is 5.48. The summed E-state index contributed by atoms with van der Waals surface area (Å²) in [5, 5.41) is 3.26. The minimum absolute atomic E-state index is 0.145. The average molecular weight is 424 g/mol. The van der Waals surface area contributed by atoms with Crippen LogP contribution in [-0.2, 0) is 14.4 Å². The number of nitrogens with zero attached hydrogens (tertiary/aromatic N) is 1. The van der Waals surface area contributed by atoms with Gasteiger partial charge in [-0.3, -0.25) is 19.3 Å². The van der Waals surface area contributed by atoms with Crippen LogP contribution in [0.4, 0.5) is 5.69 Å². The number of allylic oxidation sites excluding steroid dienone is 2. The van der Waals surface area contributed by atoms with Crippen molar-refractivity contribution in [2.75, 3.05) is 11.9 Å². The second kappa shape index (κ2) is 5.95. The first kappa shape index (κ1) is 16.8. The monoisotopic (exact) mass is 422 g/mol. The number of imide groups is 1. The van der Waals surface area contributed by atoms with Gasteiger partial charge in [-0.05, 0) is 58.8 Å². The van der Waals surface area contributed by atoms with E-state index in [9.17, 15) is 14.4 Å². The third kappa shape index (κ3) is 2.54. The molecule has 3 amide bonds. The molecule has 1 N–H and O–H groups in total. The van der Waals surface area contributed by atoms with Gasteiger partial charge in [0, 0.05) is 10.2 Å². The number of halogens is 2. The molecular formula is C18H16BrClN2O3. The average Bonchev–Trinajstić information content (AvgIpc) is 3.25. The summed E-state index contributed by atoms with van der Waals surface area (Å²) >= 11 is 9.49. The van der Waals surface area contributed by atoms with E-state index in [4.69, 9.17) is 11.6 Å². The SMILES string of the molecule is Cc1c(NC(=O)CN2C(=O)[C@H]3[C@H](C2=O)[C@H]2C=C[C@H]3C2)ccc(Br)c1Cl. The Hall–Kier alpha value is -1.66. The number of benzene rings is 1. The lowest BCUT2D eigenvalue weighted by Crippen LogP contribution is -2.39. The molecule has 7 heteroatoms. The van der Waals surface area contributed by atoms with Crippen LogP contribution in [0.1, 0.15) is 12.0 Å². The zero-order valence-corrected chi connectivity index (χ0v) is 15.8. The van der Waals surface area contributed by atoms with Gasteiger partial charge in [0.2, 0.25) is 17.7 Å². The number of amides is 3. The van der Waals surface area contributed by atoms with Gasteiger partial charge in [-0.25, -0.2) is 0 Å². The highest BCUT2D eigenvalue weighted by molar-refractivity contribution is 9.10. The van der Waals surface area contributed by atoms with Crippen LogP contribution in [0.25, 0.3) is 0 Å². The maximum Gasteiger partial charge on any atom is 0.244 e. The van der Waals surface area contributed by atoms with Crippen molar-refractivity contribution in [3.05, 3.63) is 39.3 Å². The Bertz CT molecular complexity index is 808. The molecule has 1 aromatic rings. The summed E-state index contributed by atoms with van der Waals surface area (Å²) in [5.41, 5.74) is 1.29. The molecule has 2 bridgehead atoms. The van der Waals surface area contributed by atoms with Gasteiger partial charge >= 0.3 is 0 Å². The maximum atomic E-state index is 12.6. The molecule has 2 aliphatic carbocycles. The molecule has 0 spiro atoms. The summed E-state index contributed by atoms with van der Waals surface area (Å²) < 4.78 is 0.741. The molecule has 5 nitrogen and oxygen atoms in total. The number of likely N-dealkylation sites (tertiary alicyclic amines) is 1. The van der Waals surface area contributed by atoms with Gasteiger partial charge in [-0.2, -0.15) is 0 Å². The van der Waals surface area contributed by atoms with Crippen LogP contribution in [0.5, 0.6) is 0 Å². The summed E-state index contributed by atoms with van der Waals surface area (Å²) in [5.74, 6) is -1.10. The topological polar surface area (TPSA) is 66.5 Å². The van der Waals surface area contributed by atoms with Gasteiger partial charge in [0.05, 0.1) is 16.9 Å². The van der Waals surface area contributed by atoms with E-state index >= 15 is 0 Å². The number of anilines is 1. The Morgan fingerprint density at radius 1 is 1.24 bits per heavy atom. The predicted molar refractivity (Wildman–Crippen MR) is 97.0 cm³/mol. The van der Waals surface area contributed by atoms with Crippen LogP contribution in [0, 0.1) is 30.6 Å². The van der Waals surface area contributed by atoms with Crippen molar-refractivity contribution in [2.45, 2.75) is 13.3 Å². The lowest BCUT2D eigenvalue weighted by molar-refractivity contribution is -0.143. The fraction of sp³-hybridized carbons (Fsp3) is 0.389. The molecule has 4 atom stereocenters. The Morgan fingerprint density at radius 2 is 1.84 bits per heavy atom. The maximum absolute atomic E-state index is 12.6. The Morgan fingerprint density at radius 3 is 2.44 bits per heavy atom. The van der Waals surface area contributed by atoms with Gasteiger partial charge < -0.3 is 5.32 Å². The molecular weight excluding hydrogens is 408 g/mol. The summed E-state index contributed by atoms with van der Waals surface area (Å²) in [7, 11) is 0. The lowest BCUT2D eigenvalue weighted by atomic mass is 9.85. The van der Waals surface area contributed by atoms with Crippen molar-refractivity contribution in [1.82, 2.24) is 4.90 Å². The first-order valence-electron chi connectivity index (χ1n) is 8.16. The molecule has 25 heavy (non-hydrogen) atoms. The van der Waals surface area contributed by atoms with E-state index in [0.29, 0.717) is 10.7 Å². The van der Waals surface area contributed by atoms with Crippen molar-refractivity contribution in [1.29, 1.82) is 0 Å². The summed E-state index contributed by atoms with van der Waals surface area (Å²) in [6.45, 7) is 1.54. The fourth-order valence-corrected chi connectivity index (χ4v) is 4.84. The number of fused-ring (bicyclic) bond motifs is 5. The number of carbonyl (C=O) groups is 3. The van der Waals surface area contributed by atoms with E-state index in [1.54, 1.807) is 19.1 Å². The molecule has 2 fully saturated rings. The van der Waals surface area contributed by atoms with Gasteiger partial charge in [0.15, 0.2) is 0 Å². The van der Waals surface area contributed by atoms with Crippen LogP contribution >= 0.6 is 27.5 Å². The Labute approximate surface area is 158 Å². The van der Waals surface area contributed by atoms with E-state index < -0.39 is 5.91 Å². The number of rotatable bonds is 3. The quantitative estimate of drug-likeness (QED) is 0.600. The number of hydrogen-bond donors (Lipinski definition) is 1. The van der Waals surface area contributed by atoms with E-state index in [-0.39, 0.29) is 42.0 Å². The smallest absolute Gasteiger partial charge is 0.244 e. The van der Waals surface area contributed by atoms with Crippen LogP contribution in [0.15, 0.2) is 28.8 Å². The molecule has 3 aliphatic rings. The summed E-state index contributed by atoms with van der Waals surface area (Å²) in [6.07, 6.45) is 4.95. The van der Waals surface area contributed by atoms with Crippen molar-refractivity contribution >= 4 is 50.9 Å². The molecule has 1 heterocycles. The van der Waals surface area contributed by atoms with Gasteiger partial charge in [0.1, 0.15) is 6.54 Å². The van der Waals surface area contributed by atoms with E-state index in [1.807, 2.05) is 12.2 Å². The fourth-order valence-electron chi connectivity index (χ4n) is 4.24. The largest absolute Gasteiger partial charge is 0.324 e. The van der Waals surface area contributed by atoms with E-state index in [1.165, 1.54) is 0 Å². The summed E-state index contributed by atoms with van der Waals surface area (Å²) in [6, 6.07) is 3.47. The van der Waals surface area contributed by atoms with Crippen LogP contribution in [0.3, 0.4) is 0 Å². The highest BCUT2D eigenvalue weighted by Crippen LogP contribution is 2.52. The van der Waals surface area contributed by atoms with Crippen molar-refractivity contribution in [2.24, 2.45) is 23.7 Å². The zero-order chi connectivity index (χ0) is 17.9. The molecule has 1 saturated heterocycles. The molecule has 0 radical (unpaired) electrons. The predicted octanol–water partition coefficient (Wildman–Crippen LogP) is 3.16. The third-order valence-corrected chi connectivity index (χ3v) is 6.85. The van der Waals surface area contributed by atoms with Gasteiger partial charge in [-0.1, -0.05) is 23.8 Å². The number of hydrogen-bond acceptors (Lipinski definition) is 3. The first-order chi connectivity index (χ1) is 11.9. The normalized spacial score (nSPS) is 29.5. The minimum Gasteiger partial charge on any atom is -0.324 e. The highest BCUT2D eigenvalue weighted by Gasteiger charge is 2.59. The van der Waals surface area contributed by atoms with Crippen molar-refractivity contribution in [3.8, 4) is 0 Å². The number of nitrogens with one attached hydrogen (secondary N) is 1. The molecule has 1 aliphatic heterocycles. The molecule has 130 valence electrons. The number of carbonyl (C=O) groups excluding carboxylic acids is 3. The van der Waals surface area contributed by atoms with E-state index in [0.717, 1.165) is 21.4 Å². The lowest BCUT2D eigenvalue weighted by Gasteiger charge is -2.17. The molecule has 0 unspecified atom stereocenters. The van der Waals surface area contributed by atoms with Crippen molar-refractivity contribution < 1.29 is 14.4 Å². The Balaban J connectivity index is 1.48. The molecule has 1 saturated carbocycles. The second-order valence-corrected chi connectivity index (χ2v) is 8.08. The van der Waals surface area contributed by atoms with Crippen LogP contribution < -0.4 is 5.32 Å². The minimum atomic E-state index is -0.400. The van der Waals surface area contributed by atoms with Gasteiger partial charge in [-0.15, -0.1) is 0 Å². The standard InChI is InChI=1S/C18H16BrClN2O3/c1-8-12(5-4-11(19)16(8)20)21-13(23)7-22-17(24)14-9-2-3-10(6-9)15(14)18(22)25/h2-5,9-10,14-15H,6-7H2,1H3,(H,21,23)/t9-,10-,14+,15+/m0/s1. The Kier molecular flexibility index (Phi) is 4.00.